The maximum Gasteiger partial charge on any atom is 0.222 e. The summed E-state index contributed by atoms with van der Waals surface area (Å²) in [6.45, 7) is 1.95. The molecule has 0 unspecified atom stereocenters. The van der Waals surface area contributed by atoms with E-state index in [1.54, 1.807) is 0 Å². The van der Waals surface area contributed by atoms with Crippen LogP contribution in [0.4, 0.5) is 0 Å². The molecule has 0 aromatic heterocycles. The van der Waals surface area contributed by atoms with E-state index in [1.165, 1.54) is 0 Å². The maximum atomic E-state index is 12.5. The fourth-order valence-corrected chi connectivity index (χ4v) is 5.63. The van der Waals surface area contributed by atoms with Gasteiger partial charge in [0.2, 0.25) is 5.91 Å². The highest BCUT2D eigenvalue weighted by Crippen LogP contribution is 2.35. The van der Waals surface area contributed by atoms with Crippen LogP contribution >= 0.6 is 0 Å². The third-order valence-corrected chi connectivity index (χ3v) is 7.43. The number of ether oxygens (including phenoxy) is 1. The molecule has 3 heterocycles. The monoisotopic (exact) mass is 345 g/mol. The third-order valence-electron chi connectivity index (χ3n) is 5.72. The van der Waals surface area contributed by atoms with E-state index in [1.807, 2.05) is 4.90 Å². The second-order valence-electron chi connectivity index (χ2n) is 7.25. The average Bonchev–Trinajstić information content (AvgIpc) is 2.53. The van der Waals surface area contributed by atoms with Gasteiger partial charge in [-0.3, -0.25) is 4.79 Å². The number of piperidine rings is 1. The SMILES string of the molecule is O=C(CC1CCS(=O)(=O)CC1)N1CCC2(CC1)OCCC[C@@H]2O. The first-order chi connectivity index (χ1) is 10.9. The summed E-state index contributed by atoms with van der Waals surface area (Å²) in [6, 6.07) is 0. The standard InChI is InChI=1S/C16H27NO5S/c18-14-2-1-9-22-16(14)5-7-17(8-6-16)15(19)12-13-3-10-23(20,21)11-4-13/h13-14,18H,1-12H2/t14-/m0/s1. The molecular weight excluding hydrogens is 318 g/mol. The van der Waals surface area contributed by atoms with Gasteiger partial charge in [0.15, 0.2) is 0 Å². The predicted molar refractivity (Wildman–Crippen MR) is 85.7 cm³/mol. The first-order valence-corrected chi connectivity index (χ1v) is 10.5. The normalized spacial score (nSPS) is 31.2. The van der Waals surface area contributed by atoms with Gasteiger partial charge in [-0.2, -0.15) is 0 Å². The first kappa shape index (κ1) is 17.2. The Morgan fingerprint density at radius 2 is 1.83 bits per heavy atom. The number of aliphatic hydroxyl groups is 1. The highest BCUT2D eigenvalue weighted by molar-refractivity contribution is 7.91. The van der Waals surface area contributed by atoms with E-state index in [0.29, 0.717) is 51.8 Å². The predicted octanol–water partition coefficient (Wildman–Crippen LogP) is 0.734. The van der Waals surface area contributed by atoms with Gasteiger partial charge in [-0.05, 0) is 44.4 Å². The molecular formula is C16H27NO5S. The maximum absolute atomic E-state index is 12.5. The molecule has 1 spiro atoms. The van der Waals surface area contributed by atoms with Gasteiger partial charge in [-0.25, -0.2) is 8.42 Å². The molecule has 0 bridgehead atoms. The molecule has 0 aliphatic carbocycles. The van der Waals surface area contributed by atoms with Gasteiger partial charge in [0.05, 0.1) is 23.2 Å². The summed E-state index contributed by atoms with van der Waals surface area (Å²) < 4.78 is 28.8. The largest absolute Gasteiger partial charge is 0.390 e. The molecule has 3 fully saturated rings. The van der Waals surface area contributed by atoms with Crippen molar-refractivity contribution in [2.75, 3.05) is 31.2 Å². The molecule has 0 saturated carbocycles. The second-order valence-corrected chi connectivity index (χ2v) is 9.56. The molecule has 0 aromatic carbocycles. The number of rotatable bonds is 2. The van der Waals surface area contributed by atoms with Crippen molar-refractivity contribution in [2.45, 2.75) is 56.7 Å². The van der Waals surface area contributed by atoms with Crippen LogP contribution in [-0.4, -0.2) is 67.2 Å². The van der Waals surface area contributed by atoms with Gasteiger partial charge in [0.25, 0.3) is 0 Å². The van der Waals surface area contributed by atoms with Crippen molar-refractivity contribution in [2.24, 2.45) is 5.92 Å². The molecule has 1 amide bonds. The van der Waals surface area contributed by atoms with Crippen LogP contribution in [0.5, 0.6) is 0 Å². The number of hydrogen-bond acceptors (Lipinski definition) is 5. The molecule has 3 aliphatic rings. The van der Waals surface area contributed by atoms with Crippen LogP contribution in [0.1, 0.15) is 44.9 Å². The van der Waals surface area contributed by atoms with E-state index in [2.05, 4.69) is 0 Å². The van der Waals surface area contributed by atoms with Gasteiger partial charge in [-0.15, -0.1) is 0 Å². The molecule has 3 saturated heterocycles. The van der Waals surface area contributed by atoms with Gasteiger partial charge in [-0.1, -0.05) is 0 Å². The molecule has 0 radical (unpaired) electrons. The van der Waals surface area contributed by atoms with E-state index in [4.69, 9.17) is 4.74 Å². The van der Waals surface area contributed by atoms with Gasteiger partial charge < -0.3 is 14.7 Å². The molecule has 7 heteroatoms. The first-order valence-electron chi connectivity index (χ1n) is 8.70. The highest BCUT2D eigenvalue weighted by atomic mass is 32.2. The van der Waals surface area contributed by atoms with E-state index in [9.17, 15) is 18.3 Å². The number of likely N-dealkylation sites (tertiary alicyclic amines) is 1. The molecule has 23 heavy (non-hydrogen) atoms. The lowest BCUT2D eigenvalue weighted by atomic mass is 9.82. The quantitative estimate of drug-likeness (QED) is 0.798. The van der Waals surface area contributed by atoms with E-state index in [0.717, 1.165) is 12.8 Å². The molecule has 6 nitrogen and oxygen atoms in total. The van der Waals surface area contributed by atoms with Crippen LogP contribution in [0.2, 0.25) is 0 Å². The Balaban J connectivity index is 1.49. The van der Waals surface area contributed by atoms with Crippen LogP contribution in [-0.2, 0) is 19.4 Å². The molecule has 1 atom stereocenters. The van der Waals surface area contributed by atoms with Gasteiger partial charge >= 0.3 is 0 Å². The molecule has 3 rings (SSSR count). The summed E-state index contributed by atoms with van der Waals surface area (Å²) in [5.41, 5.74) is -0.450. The fraction of sp³-hybridized carbons (Fsp3) is 0.938. The summed E-state index contributed by atoms with van der Waals surface area (Å²) >= 11 is 0. The van der Waals surface area contributed by atoms with Crippen LogP contribution in [0.3, 0.4) is 0 Å². The number of aliphatic hydroxyl groups excluding tert-OH is 1. The zero-order valence-corrected chi connectivity index (χ0v) is 14.4. The highest BCUT2D eigenvalue weighted by Gasteiger charge is 2.44. The number of carbonyl (C=O) groups excluding carboxylic acids is 1. The van der Waals surface area contributed by atoms with Crippen molar-refractivity contribution in [1.29, 1.82) is 0 Å². The van der Waals surface area contributed by atoms with E-state index in [-0.39, 0.29) is 23.3 Å². The lowest BCUT2D eigenvalue weighted by molar-refractivity contribution is -0.180. The summed E-state index contributed by atoms with van der Waals surface area (Å²) in [5, 5.41) is 10.2. The van der Waals surface area contributed by atoms with Crippen LogP contribution < -0.4 is 0 Å². The summed E-state index contributed by atoms with van der Waals surface area (Å²) in [7, 11) is -2.87. The lowest BCUT2D eigenvalue weighted by Gasteiger charge is -2.46. The Kier molecular flexibility index (Phi) is 4.99. The minimum absolute atomic E-state index is 0.120. The zero-order valence-electron chi connectivity index (χ0n) is 13.6. The Labute approximate surface area is 138 Å². The van der Waals surface area contributed by atoms with Crippen LogP contribution in [0.15, 0.2) is 0 Å². The number of carbonyl (C=O) groups is 1. The van der Waals surface area contributed by atoms with Gasteiger partial charge in [0.1, 0.15) is 9.84 Å². The number of sulfone groups is 1. The van der Waals surface area contributed by atoms with Crippen molar-refractivity contribution < 1.29 is 23.1 Å². The van der Waals surface area contributed by atoms with Crippen molar-refractivity contribution >= 4 is 15.7 Å². The Bertz CT molecular complexity index is 525. The van der Waals surface area contributed by atoms with Crippen LogP contribution in [0.25, 0.3) is 0 Å². The molecule has 132 valence electrons. The minimum Gasteiger partial charge on any atom is -0.390 e. The Hall–Kier alpha value is -0.660. The molecule has 3 aliphatic heterocycles. The minimum atomic E-state index is -2.87. The summed E-state index contributed by atoms with van der Waals surface area (Å²) in [6.07, 6.45) is 4.31. The average molecular weight is 345 g/mol. The number of amides is 1. The Morgan fingerprint density at radius 1 is 1.17 bits per heavy atom. The lowest BCUT2D eigenvalue weighted by Crippen LogP contribution is -2.56. The van der Waals surface area contributed by atoms with Gasteiger partial charge in [0, 0.05) is 26.1 Å². The van der Waals surface area contributed by atoms with Crippen molar-refractivity contribution in [3.8, 4) is 0 Å². The van der Waals surface area contributed by atoms with Crippen LogP contribution in [0, 0.1) is 5.92 Å². The van der Waals surface area contributed by atoms with E-state index < -0.39 is 21.5 Å². The number of nitrogens with zero attached hydrogens (tertiary/aromatic N) is 1. The Morgan fingerprint density at radius 3 is 2.43 bits per heavy atom. The summed E-state index contributed by atoms with van der Waals surface area (Å²) in [4.78, 5) is 14.3. The summed E-state index contributed by atoms with van der Waals surface area (Å²) in [5.74, 6) is 0.746. The van der Waals surface area contributed by atoms with Crippen molar-refractivity contribution in [1.82, 2.24) is 4.90 Å². The smallest absolute Gasteiger partial charge is 0.222 e. The third kappa shape index (κ3) is 3.88. The fourth-order valence-electron chi connectivity index (χ4n) is 4.04. The second kappa shape index (κ2) is 6.69. The van der Waals surface area contributed by atoms with Crippen molar-refractivity contribution in [3.05, 3.63) is 0 Å². The zero-order chi connectivity index (χ0) is 16.5. The molecule has 1 N–H and O–H groups in total. The van der Waals surface area contributed by atoms with E-state index >= 15 is 0 Å². The molecule has 0 aromatic rings. The number of hydrogen-bond donors (Lipinski definition) is 1. The van der Waals surface area contributed by atoms with Crippen molar-refractivity contribution in [3.63, 3.8) is 0 Å². The topological polar surface area (TPSA) is 83.9 Å².